The minimum Gasteiger partial charge on any atom is -0.388 e. The number of rotatable bonds is 9. The van der Waals surface area contributed by atoms with Crippen LogP contribution >= 0.6 is 0 Å². The van der Waals surface area contributed by atoms with Gasteiger partial charge in [-0.3, -0.25) is 13.7 Å². The Morgan fingerprint density at radius 2 is 1.92 bits per heavy atom. The lowest BCUT2D eigenvalue weighted by Crippen LogP contribution is -2.38. The molecular weight excluding hydrogens is 521 g/mol. The summed E-state index contributed by atoms with van der Waals surface area (Å²) in [6, 6.07) is 2.04. The lowest BCUT2D eigenvalue weighted by atomic mass is 10.1. The molecule has 2 aromatic heterocycles. The van der Waals surface area contributed by atoms with Crippen molar-refractivity contribution >= 4 is 21.9 Å². The zero-order valence-corrected chi connectivity index (χ0v) is 19.9. The number of nitrogens with zero attached hydrogens (tertiary/aromatic N) is 4. The van der Waals surface area contributed by atoms with Gasteiger partial charge in [-0.1, -0.05) is 0 Å². The van der Waals surface area contributed by atoms with Crippen LogP contribution in [0.15, 0.2) is 36.9 Å². The molecule has 0 unspecified atom stereocenters. The van der Waals surface area contributed by atoms with Crippen molar-refractivity contribution in [2.45, 2.75) is 37.3 Å². The largest absolute Gasteiger partial charge is 0.388 e. The lowest BCUT2D eigenvalue weighted by Gasteiger charge is -2.19. The lowest BCUT2D eigenvalue weighted by molar-refractivity contribution is -0.00882. The van der Waals surface area contributed by atoms with E-state index in [1.54, 1.807) is 0 Å². The first-order chi connectivity index (χ1) is 17.5. The molecule has 4 atom stereocenters. The van der Waals surface area contributed by atoms with Gasteiger partial charge in [0.25, 0.3) is 0 Å². The Kier molecular flexibility index (Phi) is 7.56. The van der Waals surface area contributed by atoms with E-state index >= 15 is 0 Å². The van der Waals surface area contributed by atoms with Gasteiger partial charge in [0.2, 0.25) is 5.78 Å². The van der Waals surface area contributed by atoms with Crippen LogP contribution in [0, 0.1) is 17.5 Å². The van der Waals surface area contributed by atoms with E-state index in [0.717, 1.165) is 25.5 Å². The van der Waals surface area contributed by atoms with Crippen LogP contribution in [-0.2, 0) is 21.0 Å². The number of hydrogen-bond acceptors (Lipinski definition) is 10. The van der Waals surface area contributed by atoms with Gasteiger partial charge < -0.3 is 15.5 Å². The maximum atomic E-state index is 13.5. The molecule has 1 saturated carbocycles. The molecule has 198 valence electrons. The molecule has 0 spiro atoms. The Hall–Kier alpha value is -3.44. The average molecular weight is 542 g/mol. The molecule has 0 amide bonds. The first-order valence-electron chi connectivity index (χ1n) is 10.7. The second kappa shape index (κ2) is 10.5. The number of carbonyl (C=O) groups excluding carboxylic acids is 1. The topological polar surface area (TPSA) is 169 Å². The molecule has 37 heavy (non-hydrogen) atoms. The smallest absolute Gasteiger partial charge is 0.335 e. The van der Waals surface area contributed by atoms with E-state index in [1.165, 1.54) is 23.1 Å². The van der Waals surface area contributed by atoms with E-state index in [2.05, 4.69) is 20.4 Å². The van der Waals surface area contributed by atoms with Gasteiger partial charge in [0.1, 0.15) is 36.2 Å². The number of anilines is 1. The number of aromatic nitrogens is 4. The third-order valence-corrected chi connectivity index (χ3v) is 6.67. The monoisotopic (exact) mass is 542 g/mol. The van der Waals surface area contributed by atoms with Crippen LogP contribution in [0.5, 0.6) is 0 Å². The molecule has 3 aromatic rings. The van der Waals surface area contributed by atoms with Gasteiger partial charge in [-0.15, -0.1) is 0 Å². The van der Waals surface area contributed by atoms with Gasteiger partial charge in [-0.2, -0.15) is 18.2 Å². The average Bonchev–Trinajstić information content (AvgIpc) is 3.42. The van der Waals surface area contributed by atoms with Crippen molar-refractivity contribution in [1.82, 2.24) is 24.5 Å². The van der Waals surface area contributed by atoms with E-state index in [0.29, 0.717) is 0 Å². The van der Waals surface area contributed by atoms with Crippen LogP contribution in [-0.4, -0.2) is 75.6 Å². The van der Waals surface area contributed by atoms with Crippen LogP contribution in [0.25, 0.3) is 0 Å². The predicted molar refractivity (Wildman–Crippen MR) is 120 cm³/mol. The Morgan fingerprint density at radius 3 is 2.59 bits per heavy atom. The van der Waals surface area contributed by atoms with E-state index in [1.807, 2.05) is 4.72 Å². The summed E-state index contributed by atoms with van der Waals surface area (Å²) in [5.74, 6) is -4.97. The third kappa shape index (κ3) is 5.78. The highest BCUT2D eigenvalue weighted by Gasteiger charge is 2.44. The van der Waals surface area contributed by atoms with Crippen molar-refractivity contribution in [1.29, 1.82) is 0 Å². The summed E-state index contributed by atoms with van der Waals surface area (Å²) >= 11 is 0. The van der Waals surface area contributed by atoms with E-state index in [9.17, 15) is 36.6 Å². The van der Waals surface area contributed by atoms with Crippen molar-refractivity contribution in [3.05, 3.63) is 71.2 Å². The van der Waals surface area contributed by atoms with Gasteiger partial charge in [-0.05, 0) is 23.8 Å². The van der Waals surface area contributed by atoms with Crippen molar-refractivity contribution < 1.29 is 40.8 Å². The minimum atomic E-state index is -4.14. The van der Waals surface area contributed by atoms with Crippen molar-refractivity contribution in [3.63, 3.8) is 0 Å². The zero-order valence-electron chi connectivity index (χ0n) is 19.0. The summed E-state index contributed by atoms with van der Waals surface area (Å²) < 4.78 is 71.5. The summed E-state index contributed by atoms with van der Waals surface area (Å²) in [4.78, 5) is 20.9. The highest BCUT2D eigenvalue weighted by Crippen LogP contribution is 2.28. The second-order valence-electron chi connectivity index (χ2n) is 8.15. The Balaban J connectivity index is 1.50. The molecule has 2 heterocycles. The summed E-state index contributed by atoms with van der Waals surface area (Å²) in [6.07, 6.45) is -0.692. The maximum Gasteiger partial charge on any atom is 0.335 e. The van der Waals surface area contributed by atoms with Gasteiger partial charge >= 0.3 is 10.3 Å². The van der Waals surface area contributed by atoms with E-state index < -0.39 is 57.9 Å². The van der Waals surface area contributed by atoms with Crippen molar-refractivity contribution in [2.24, 2.45) is 0 Å². The SMILES string of the molecule is CNS(=O)(=O)O[C@@H]1C[C@@H](Nc2ncncc2C(=O)c2ccn(Cc3cc(F)c(F)c(F)c3)n2)[C@H](O)[C@H]1O. The summed E-state index contributed by atoms with van der Waals surface area (Å²) in [7, 11) is -3.02. The fourth-order valence-electron chi connectivity index (χ4n) is 3.82. The molecule has 4 rings (SSSR count). The van der Waals surface area contributed by atoms with Crippen molar-refractivity contribution in [3.8, 4) is 0 Å². The van der Waals surface area contributed by atoms with Crippen LogP contribution in [0.1, 0.15) is 28.0 Å². The van der Waals surface area contributed by atoms with Gasteiger partial charge in [-0.25, -0.2) is 23.1 Å². The first-order valence-corrected chi connectivity index (χ1v) is 12.2. The summed E-state index contributed by atoms with van der Waals surface area (Å²) in [5, 5.41) is 27.5. The van der Waals surface area contributed by atoms with Crippen LogP contribution in [0.4, 0.5) is 19.0 Å². The quantitative estimate of drug-likeness (QED) is 0.215. The molecule has 1 aromatic carbocycles. The number of aliphatic hydroxyl groups is 2. The highest BCUT2D eigenvalue weighted by molar-refractivity contribution is 7.84. The zero-order chi connectivity index (χ0) is 26.9. The molecule has 12 nitrogen and oxygen atoms in total. The molecule has 16 heteroatoms. The number of aliphatic hydroxyl groups excluding tert-OH is 2. The first kappa shape index (κ1) is 26.6. The molecule has 4 N–H and O–H groups in total. The minimum absolute atomic E-state index is 0.0226. The van der Waals surface area contributed by atoms with Gasteiger partial charge in [0, 0.05) is 25.9 Å². The fraction of sp³-hybridized carbons (Fsp3) is 0.333. The number of hydrogen-bond donors (Lipinski definition) is 4. The number of halogens is 3. The molecule has 1 aliphatic carbocycles. The van der Waals surface area contributed by atoms with E-state index in [4.69, 9.17) is 4.18 Å². The summed E-state index contributed by atoms with van der Waals surface area (Å²) in [6.45, 7) is -0.152. The van der Waals surface area contributed by atoms with Crippen LogP contribution in [0.2, 0.25) is 0 Å². The summed E-state index contributed by atoms with van der Waals surface area (Å²) in [5.41, 5.74) is -0.0514. The maximum absolute atomic E-state index is 13.5. The van der Waals surface area contributed by atoms with E-state index in [-0.39, 0.29) is 35.6 Å². The molecular formula is C21H21F3N6O6S. The number of carbonyl (C=O) groups is 1. The standard InChI is InChI=1S/C21H21F3N6O6S/c1-25-37(34,35)36-16-6-15(19(32)20(16)33)28-21-11(7-26-9-27-21)18(31)14-2-3-30(29-14)8-10-4-12(22)17(24)13(23)5-10/h2-5,7,9,15-16,19-20,25,32-33H,6,8H2,1H3,(H,26,27,28)/t15-,16-,19+,20+/m1/s1. The van der Waals surface area contributed by atoms with Crippen LogP contribution in [0.3, 0.4) is 0 Å². The third-order valence-electron chi connectivity index (χ3n) is 5.67. The molecule has 0 bridgehead atoms. The fourth-order valence-corrected chi connectivity index (χ4v) is 4.43. The Morgan fingerprint density at radius 1 is 1.22 bits per heavy atom. The van der Waals surface area contributed by atoms with Gasteiger partial charge in [0.15, 0.2) is 17.5 Å². The number of benzene rings is 1. The Bertz CT molecular complexity index is 1400. The molecule has 1 aliphatic rings. The van der Waals surface area contributed by atoms with Gasteiger partial charge in [0.05, 0.1) is 18.2 Å². The predicted octanol–water partition coefficient (Wildman–Crippen LogP) is 0.125. The van der Waals surface area contributed by atoms with Crippen LogP contribution < -0.4 is 10.0 Å². The number of ketones is 1. The van der Waals surface area contributed by atoms with Crippen molar-refractivity contribution in [2.75, 3.05) is 12.4 Å². The molecule has 0 aliphatic heterocycles. The normalized spacial score (nSPS) is 21.8. The Labute approximate surface area is 208 Å². The second-order valence-corrected chi connectivity index (χ2v) is 9.66. The number of nitrogens with one attached hydrogen (secondary N) is 2. The molecule has 1 fully saturated rings. The molecule has 0 saturated heterocycles. The highest BCUT2D eigenvalue weighted by atomic mass is 32.2. The molecule has 0 radical (unpaired) electrons.